The van der Waals surface area contributed by atoms with Crippen LogP contribution >= 0.6 is 0 Å². The zero-order valence-corrected chi connectivity index (χ0v) is 11.7. The summed E-state index contributed by atoms with van der Waals surface area (Å²) in [5, 5.41) is 2.85. The predicted molar refractivity (Wildman–Crippen MR) is 78.2 cm³/mol. The number of anilines is 1. The van der Waals surface area contributed by atoms with E-state index in [-0.39, 0.29) is 12.1 Å². The maximum atomic E-state index is 12.1. The molecular weight excluding hydrogens is 254 g/mol. The number of carbonyl (C=O) groups is 1. The van der Waals surface area contributed by atoms with Crippen LogP contribution in [0.5, 0.6) is 0 Å². The Labute approximate surface area is 118 Å². The van der Waals surface area contributed by atoms with Gasteiger partial charge >= 0.3 is 6.03 Å². The molecule has 5 nitrogen and oxygen atoms in total. The van der Waals surface area contributed by atoms with E-state index in [9.17, 15) is 4.79 Å². The number of nitrogens with zero attached hydrogens (tertiary/aromatic N) is 1. The van der Waals surface area contributed by atoms with Crippen LogP contribution in [-0.4, -0.2) is 18.0 Å². The summed E-state index contributed by atoms with van der Waals surface area (Å²) >= 11 is 0. The first kappa shape index (κ1) is 14.1. The topological polar surface area (TPSA) is 71.5 Å². The van der Waals surface area contributed by atoms with Crippen LogP contribution in [0.15, 0.2) is 47.3 Å². The lowest BCUT2D eigenvalue weighted by Gasteiger charge is -2.17. The minimum atomic E-state index is -0.173. The van der Waals surface area contributed by atoms with Crippen LogP contribution in [0.1, 0.15) is 24.1 Å². The number of nitrogens with one attached hydrogen (secondary N) is 1. The molecule has 0 radical (unpaired) electrons. The Balaban J connectivity index is 1.98. The molecule has 3 N–H and O–H groups in total. The minimum Gasteiger partial charge on any atom is -0.472 e. The van der Waals surface area contributed by atoms with Crippen LogP contribution in [0.25, 0.3) is 0 Å². The average molecular weight is 273 g/mol. The van der Waals surface area contributed by atoms with Gasteiger partial charge in [0.1, 0.15) is 0 Å². The van der Waals surface area contributed by atoms with Crippen molar-refractivity contribution >= 4 is 11.7 Å². The van der Waals surface area contributed by atoms with E-state index in [1.165, 1.54) is 0 Å². The summed E-state index contributed by atoms with van der Waals surface area (Å²) < 4.78 is 4.98. The molecule has 5 heteroatoms. The van der Waals surface area contributed by atoms with E-state index in [1.807, 2.05) is 37.3 Å². The molecule has 1 atom stereocenters. The fourth-order valence-electron chi connectivity index (χ4n) is 1.85. The van der Waals surface area contributed by atoms with E-state index >= 15 is 0 Å². The molecule has 2 amide bonds. The molecule has 0 saturated heterocycles. The van der Waals surface area contributed by atoms with Crippen LogP contribution < -0.4 is 11.1 Å². The number of urea groups is 1. The number of benzene rings is 1. The molecule has 0 saturated carbocycles. The Hall–Kier alpha value is -2.27. The maximum absolute atomic E-state index is 12.1. The maximum Gasteiger partial charge on any atom is 0.321 e. The second-order valence-electron chi connectivity index (χ2n) is 4.83. The molecule has 106 valence electrons. The van der Waals surface area contributed by atoms with Gasteiger partial charge < -0.3 is 20.4 Å². The summed E-state index contributed by atoms with van der Waals surface area (Å²) in [6.45, 7) is 2.40. The summed E-state index contributed by atoms with van der Waals surface area (Å²) in [7, 11) is 1.73. The summed E-state index contributed by atoms with van der Waals surface area (Å²) in [5.74, 6) is 0. The third-order valence-corrected chi connectivity index (χ3v) is 3.01. The van der Waals surface area contributed by atoms with Gasteiger partial charge in [0.2, 0.25) is 0 Å². The zero-order chi connectivity index (χ0) is 14.5. The lowest BCUT2D eigenvalue weighted by atomic mass is 10.1. The van der Waals surface area contributed by atoms with Crippen molar-refractivity contribution in [3.8, 4) is 0 Å². The van der Waals surface area contributed by atoms with Crippen LogP contribution in [0.4, 0.5) is 10.5 Å². The van der Waals surface area contributed by atoms with E-state index in [0.29, 0.717) is 6.54 Å². The van der Waals surface area contributed by atoms with Crippen LogP contribution in [0.2, 0.25) is 0 Å². The number of rotatable bonds is 4. The van der Waals surface area contributed by atoms with Crippen molar-refractivity contribution in [2.45, 2.75) is 19.5 Å². The highest BCUT2D eigenvalue weighted by atomic mass is 16.3. The molecule has 0 aliphatic heterocycles. The molecule has 1 aromatic heterocycles. The highest BCUT2D eigenvalue weighted by Crippen LogP contribution is 2.16. The molecule has 0 aliphatic rings. The molecule has 20 heavy (non-hydrogen) atoms. The smallest absolute Gasteiger partial charge is 0.321 e. The molecule has 2 aromatic rings. The van der Waals surface area contributed by atoms with Crippen molar-refractivity contribution < 1.29 is 9.21 Å². The molecule has 0 aliphatic carbocycles. The molecule has 2 rings (SSSR count). The monoisotopic (exact) mass is 273 g/mol. The van der Waals surface area contributed by atoms with Crippen molar-refractivity contribution in [2.75, 3.05) is 12.4 Å². The summed E-state index contributed by atoms with van der Waals surface area (Å²) in [5.41, 5.74) is 8.51. The quantitative estimate of drug-likeness (QED) is 0.899. The third kappa shape index (κ3) is 3.61. The Morgan fingerprint density at radius 1 is 1.45 bits per heavy atom. The van der Waals surface area contributed by atoms with E-state index in [0.717, 1.165) is 16.8 Å². The standard InChI is InChI=1S/C15H19N3O2/c1-11(16)13-4-3-5-14(8-13)17-15(19)18(2)9-12-6-7-20-10-12/h3-8,10-11H,9,16H2,1-2H3,(H,17,19). The van der Waals surface area contributed by atoms with Gasteiger partial charge in [-0.25, -0.2) is 4.79 Å². The number of carbonyl (C=O) groups excluding carboxylic acids is 1. The van der Waals surface area contributed by atoms with Gasteiger partial charge in [-0.2, -0.15) is 0 Å². The second kappa shape index (κ2) is 6.25. The first-order chi connectivity index (χ1) is 9.56. The summed E-state index contributed by atoms with van der Waals surface area (Å²) in [4.78, 5) is 13.7. The van der Waals surface area contributed by atoms with E-state index in [1.54, 1.807) is 24.5 Å². The fraction of sp³-hybridized carbons (Fsp3) is 0.267. The molecular formula is C15H19N3O2. The predicted octanol–water partition coefficient (Wildman–Crippen LogP) is 2.96. The van der Waals surface area contributed by atoms with Gasteiger partial charge in [0.05, 0.1) is 19.1 Å². The van der Waals surface area contributed by atoms with Crippen molar-refractivity contribution in [1.82, 2.24) is 4.90 Å². The first-order valence-electron chi connectivity index (χ1n) is 6.45. The third-order valence-electron chi connectivity index (χ3n) is 3.01. The largest absolute Gasteiger partial charge is 0.472 e. The van der Waals surface area contributed by atoms with Gasteiger partial charge in [0.25, 0.3) is 0 Å². The number of hydrogen-bond acceptors (Lipinski definition) is 3. The number of amides is 2. The highest BCUT2D eigenvalue weighted by molar-refractivity contribution is 5.89. The Morgan fingerprint density at radius 2 is 2.25 bits per heavy atom. The van der Waals surface area contributed by atoms with Gasteiger partial charge in [-0.1, -0.05) is 12.1 Å². The van der Waals surface area contributed by atoms with Crippen molar-refractivity contribution in [3.05, 3.63) is 54.0 Å². The van der Waals surface area contributed by atoms with Gasteiger partial charge in [-0.15, -0.1) is 0 Å². The SMILES string of the molecule is CC(N)c1cccc(NC(=O)N(C)Cc2ccoc2)c1. The molecule has 0 bridgehead atoms. The van der Waals surface area contributed by atoms with Gasteiger partial charge in [0, 0.05) is 24.3 Å². The summed E-state index contributed by atoms with van der Waals surface area (Å²) in [6, 6.07) is 9.15. The fourth-order valence-corrected chi connectivity index (χ4v) is 1.85. The van der Waals surface area contributed by atoms with Gasteiger partial charge in [-0.3, -0.25) is 0 Å². The Morgan fingerprint density at radius 3 is 2.90 bits per heavy atom. The second-order valence-corrected chi connectivity index (χ2v) is 4.83. The molecule has 0 spiro atoms. The number of hydrogen-bond donors (Lipinski definition) is 2. The number of nitrogens with two attached hydrogens (primary N) is 1. The van der Waals surface area contributed by atoms with Crippen molar-refractivity contribution in [1.29, 1.82) is 0 Å². The van der Waals surface area contributed by atoms with Crippen LogP contribution in [0.3, 0.4) is 0 Å². The highest BCUT2D eigenvalue weighted by Gasteiger charge is 2.10. The summed E-state index contributed by atoms with van der Waals surface area (Å²) in [6.07, 6.45) is 3.22. The number of furan rings is 1. The normalized spacial score (nSPS) is 11.9. The van der Waals surface area contributed by atoms with E-state index in [2.05, 4.69) is 5.32 Å². The minimum absolute atomic E-state index is 0.0597. The molecule has 0 fully saturated rings. The van der Waals surface area contributed by atoms with Crippen molar-refractivity contribution in [2.24, 2.45) is 5.73 Å². The molecule has 1 aromatic carbocycles. The van der Waals surface area contributed by atoms with Gasteiger partial charge in [0.15, 0.2) is 0 Å². The Bertz CT molecular complexity index is 564. The zero-order valence-electron chi connectivity index (χ0n) is 11.7. The first-order valence-corrected chi connectivity index (χ1v) is 6.45. The lowest BCUT2D eigenvalue weighted by Crippen LogP contribution is -2.30. The van der Waals surface area contributed by atoms with E-state index in [4.69, 9.17) is 10.2 Å². The Kier molecular flexibility index (Phi) is 4.42. The van der Waals surface area contributed by atoms with E-state index < -0.39 is 0 Å². The van der Waals surface area contributed by atoms with Crippen LogP contribution in [-0.2, 0) is 6.54 Å². The van der Waals surface area contributed by atoms with Crippen LogP contribution in [0, 0.1) is 0 Å². The van der Waals surface area contributed by atoms with Crippen molar-refractivity contribution in [3.63, 3.8) is 0 Å². The van der Waals surface area contributed by atoms with Gasteiger partial charge in [-0.05, 0) is 30.7 Å². The molecule has 1 heterocycles. The average Bonchev–Trinajstić information content (AvgIpc) is 2.91. The lowest BCUT2D eigenvalue weighted by molar-refractivity contribution is 0.220. The molecule has 1 unspecified atom stereocenters.